The van der Waals surface area contributed by atoms with Crippen molar-refractivity contribution in [3.05, 3.63) is 24.2 Å². The Kier molecular flexibility index (Phi) is 3.27. The highest BCUT2D eigenvalue weighted by Gasteiger charge is 2.46. The summed E-state index contributed by atoms with van der Waals surface area (Å²) in [6.07, 6.45) is 4.91. The molecule has 2 N–H and O–H groups in total. The van der Waals surface area contributed by atoms with Crippen LogP contribution in [0, 0.1) is 0 Å². The predicted molar refractivity (Wildman–Crippen MR) is 62.9 cm³/mol. The molecule has 6 heteroatoms. The zero-order valence-corrected chi connectivity index (χ0v) is 10.2. The van der Waals surface area contributed by atoms with Crippen LogP contribution in [-0.4, -0.2) is 34.6 Å². The Labute approximate surface area is 105 Å². The highest BCUT2D eigenvalue weighted by molar-refractivity contribution is 5.87. The smallest absolute Gasteiger partial charge is 0.329 e. The summed E-state index contributed by atoms with van der Waals surface area (Å²) < 4.78 is 4.91. The summed E-state index contributed by atoms with van der Waals surface area (Å²) in [6.45, 7) is 0.387. The highest BCUT2D eigenvalue weighted by atomic mass is 16.4. The van der Waals surface area contributed by atoms with Gasteiger partial charge in [-0.15, -0.1) is 0 Å². The van der Waals surface area contributed by atoms with Gasteiger partial charge in [-0.2, -0.15) is 0 Å². The van der Waals surface area contributed by atoms with E-state index in [0.29, 0.717) is 19.4 Å². The maximum absolute atomic E-state index is 11.9. The van der Waals surface area contributed by atoms with E-state index in [1.165, 1.54) is 11.2 Å². The lowest BCUT2D eigenvalue weighted by Gasteiger charge is -2.39. The molecule has 98 valence electrons. The molecular weight excluding hydrogens is 236 g/mol. The number of carboxylic acids is 1. The third kappa shape index (κ3) is 2.32. The molecule has 6 nitrogen and oxygen atoms in total. The van der Waals surface area contributed by atoms with Gasteiger partial charge >= 0.3 is 12.0 Å². The maximum atomic E-state index is 11.9. The normalized spacial score (nSPS) is 16.7. The minimum atomic E-state index is -1.07. The van der Waals surface area contributed by atoms with Gasteiger partial charge in [0.1, 0.15) is 5.54 Å². The number of rotatable bonds is 4. The van der Waals surface area contributed by atoms with Crippen LogP contribution < -0.4 is 5.32 Å². The summed E-state index contributed by atoms with van der Waals surface area (Å²) >= 11 is 0. The van der Waals surface area contributed by atoms with Crippen molar-refractivity contribution >= 4 is 12.0 Å². The number of carboxylic acid groups (broad SMARTS) is 1. The Bertz CT molecular complexity index is 437. The summed E-state index contributed by atoms with van der Waals surface area (Å²) in [5.41, 5.74) is -0.201. The fourth-order valence-electron chi connectivity index (χ4n) is 1.95. The molecule has 0 aliphatic heterocycles. The van der Waals surface area contributed by atoms with Crippen LogP contribution in [0.2, 0.25) is 0 Å². The van der Waals surface area contributed by atoms with Crippen LogP contribution in [0.3, 0.4) is 0 Å². The molecule has 0 aromatic carbocycles. The van der Waals surface area contributed by atoms with Gasteiger partial charge in [-0.05, 0) is 25.3 Å². The number of furan rings is 1. The number of hydrogen-bond acceptors (Lipinski definition) is 3. The van der Waals surface area contributed by atoms with Crippen LogP contribution in [-0.2, 0) is 11.3 Å². The van der Waals surface area contributed by atoms with Crippen molar-refractivity contribution < 1.29 is 19.1 Å². The highest BCUT2D eigenvalue weighted by Crippen LogP contribution is 2.32. The fourth-order valence-corrected chi connectivity index (χ4v) is 1.95. The first-order valence-electron chi connectivity index (χ1n) is 5.81. The molecule has 1 heterocycles. The van der Waals surface area contributed by atoms with Crippen molar-refractivity contribution in [2.75, 3.05) is 7.05 Å². The van der Waals surface area contributed by atoms with Gasteiger partial charge in [-0.1, -0.05) is 0 Å². The molecule has 1 aliphatic carbocycles. The topological polar surface area (TPSA) is 82.8 Å². The van der Waals surface area contributed by atoms with Crippen molar-refractivity contribution in [1.29, 1.82) is 0 Å². The van der Waals surface area contributed by atoms with Crippen LogP contribution in [0.25, 0.3) is 0 Å². The molecule has 1 aromatic rings. The van der Waals surface area contributed by atoms with Gasteiger partial charge in [-0.25, -0.2) is 9.59 Å². The van der Waals surface area contributed by atoms with Crippen LogP contribution in [0.4, 0.5) is 4.79 Å². The minimum Gasteiger partial charge on any atom is -0.480 e. The first kappa shape index (κ1) is 12.5. The molecule has 1 aromatic heterocycles. The van der Waals surface area contributed by atoms with E-state index in [0.717, 1.165) is 12.0 Å². The van der Waals surface area contributed by atoms with E-state index in [1.807, 2.05) is 0 Å². The maximum Gasteiger partial charge on any atom is 0.329 e. The molecule has 1 aliphatic rings. The van der Waals surface area contributed by atoms with Crippen LogP contribution in [0.5, 0.6) is 0 Å². The summed E-state index contributed by atoms with van der Waals surface area (Å²) in [4.78, 5) is 24.5. The number of nitrogens with zero attached hydrogens (tertiary/aromatic N) is 1. The number of urea groups is 1. The van der Waals surface area contributed by atoms with E-state index in [2.05, 4.69) is 5.32 Å². The SMILES string of the molecule is CN(Cc1ccoc1)C(=O)NC1(C(=O)O)CCC1. The Balaban J connectivity index is 1.93. The Morgan fingerprint density at radius 3 is 2.72 bits per heavy atom. The summed E-state index contributed by atoms with van der Waals surface area (Å²) in [5, 5.41) is 11.7. The number of aliphatic carboxylic acids is 1. The van der Waals surface area contributed by atoms with Crippen molar-refractivity contribution in [3.63, 3.8) is 0 Å². The number of carbonyl (C=O) groups is 2. The van der Waals surface area contributed by atoms with Gasteiger partial charge in [0.05, 0.1) is 19.1 Å². The third-order valence-corrected chi connectivity index (χ3v) is 3.31. The largest absolute Gasteiger partial charge is 0.480 e. The molecule has 18 heavy (non-hydrogen) atoms. The lowest BCUT2D eigenvalue weighted by atomic mass is 9.77. The van der Waals surface area contributed by atoms with E-state index in [-0.39, 0.29) is 6.03 Å². The lowest BCUT2D eigenvalue weighted by Crippen LogP contribution is -2.61. The van der Waals surface area contributed by atoms with Crippen molar-refractivity contribution in [1.82, 2.24) is 10.2 Å². The van der Waals surface area contributed by atoms with Crippen molar-refractivity contribution in [2.45, 2.75) is 31.3 Å². The molecule has 0 spiro atoms. The van der Waals surface area contributed by atoms with Gasteiger partial charge in [-0.3, -0.25) is 0 Å². The number of amides is 2. The number of nitrogens with one attached hydrogen (secondary N) is 1. The molecule has 0 atom stereocenters. The fraction of sp³-hybridized carbons (Fsp3) is 0.500. The van der Waals surface area contributed by atoms with Gasteiger partial charge in [0.15, 0.2) is 0 Å². The van der Waals surface area contributed by atoms with Gasteiger partial charge in [0, 0.05) is 12.6 Å². The Hall–Kier alpha value is -1.98. The summed E-state index contributed by atoms with van der Waals surface area (Å²) in [5.74, 6) is -0.959. The number of hydrogen-bond donors (Lipinski definition) is 2. The zero-order chi connectivity index (χ0) is 13.2. The van der Waals surface area contributed by atoms with Crippen molar-refractivity contribution in [2.24, 2.45) is 0 Å². The van der Waals surface area contributed by atoms with Crippen molar-refractivity contribution in [3.8, 4) is 0 Å². The lowest BCUT2D eigenvalue weighted by molar-refractivity contribution is -0.148. The van der Waals surface area contributed by atoms with Gasteiger partial charge < -0.3 is 19.7 Å². The van der Waals surface area contributed by atoms with Gasteiger partial charge in [0.2, 0.25) is 0 Å². The molecule has 2 amide bonds. The Morgan fingerprint density at radius 2 is 2.28 bits per heavy atom. The second-order valence-corrected chi connectivity index (χ2v) is 4.66. The third-order valence-electron chi connectivity index (χ3n) is 3.31. The standard InChI is InChI=1S/C12H16N2O4/c1-14(7-9-3-6-18-8-9)11(17)13-12(10(15)16)4-2-5-12/h3,6,8H,2,4-5,7H2,1H3,(H,13,17)(H,15,16). The molecule has 0 saturated heterocycles. The molecule has 2 rings (SSSR count). The second kappa shape index (κ2) is 4.72. The molecule has 1 saturated carbocycles. The molecule has 0 radical (unpaired) electrons. The molecular formula is C12H16N2O4. The monoisotopic (exact) mass is 252 g/mol. The molecule has 0 bridgehead atoms. The van der Waals surface area contributed by atoms with E-state index in [9.17, 15) is 9.59 Å². The molecule has 0 unspecified atom stereocenters. The van der Waals surface area contributed by atoms with E-state index < -0.39 is 11.5 Å². The van der Waals surface area contributed by atoms with E-state index in [4.69, 9.17) is 9.52 Å². The quantitative estimate of drug-likeness (QED) is 0.849. The minimum absolute atomic E-state index is 0.377. The summed E-state index contributed by atoms with van der Waals surface area (Å²) in [7, 11) is 1.62. The average Bonchev–Trinajstić information content (AvgIpc) is 2.75. The average molecular weight is 252 g/mol. The van der Waals surface area contributed by atoms with E-state index >= 15 is 0 Å². The zero-order valence-electron chi connectivity index (χ0n) is 10.2. The van der Waals surface area contributed by atoms with Crippen LogP contribution in [0.15, 0.2) is 23.0 Å². The Morgan fingerprint density at radius 1 is 1.56 bits per heavy atom. The van der Waals surface area contributed by atoms with Crippen LogP contribution >= 0.6 is 0 Å². The number of carbonyl (C=O) groups excluding carboxylic acids is 1. The first-order chi connectivity index (χ1) is 8.53. The van der Waals surface area contributed by atoms with Crippen LogP contribution in [0.1, 0.15) is 24.8 Å². The predicted octanol–water partition coefficient (Wildman–Crippen LogP) is 1.43. The second-order valence-electron chi connectivity index (χ2n) is 4.66. The molecule has 1 fully saturated rings. The van der Waals surface area contributed by atoms with Gasteiger partial charge in [0.25, 0.3) is 0 Å². The summed E-state index contributed by atoms with van der Waals surface area (Å²) in [6, 6.07) is 1.39. The first-order valence-corrected chi connectivity index (χ1v) is 5.81. The van der Waals surface area contributed by atoms with E-state index in [1.54, 1.807) is 19.4 Å².